The Morgan fingerprint density at radius 1 is 0.959 bits per heavy atom. The Morgan fingerprint density at radius 3 is 2.39 bits per heavy atom. The zero-order valence-electron chi connectivity index (χ0n) is 27.2. The van der Waals surface area contributed by atoms with Crippen molar-refractivity contribution in [3.63, 3.8) is 0 Å². The number of carbonyl (C=O) groups is 5. The Labute approximate surface area is 289 Å². The van der Waals surface area contributed by atoms with Crippen molar-refractivity contribution >= 4 is 41.1 Å². The minimum Gasteiger partial charge on any atom is -0.508 e. The van der Waals surface area contributed by atoms with Gasteiger partial charge in [0.15, 0.2) is 0 Å². The average molecular weight is 694 g/mol. The van der Waals surface area contributed by atoms with Crippen LogP contribution in [0.25, 0.3) is 0 Å². The molecule has 4 rings (SSSR count). The maximum absolute atomic E-state index is 13.6. The molecule has 0 aliphatic carbocycles. The number of fused-ring (bicyclic) bond motifs is 1. The van der Waals surface area contributed by atoms with Crippen molar-refractivity contribution < 1.29 is 38.6 Å². The molecule has 1 aliphatic rings. The summed E-state index contributed by atoms with van der Waals surface area (Å²) in [5.74, 6) is -2.66. The summed E-state index contributed by atoms with van der Waals surface area (Å²) in [5.41, 5.74) is 0.733. The molecule has 0 bridgehead atoms. The summed E-state index contributed by atoms with van der Waals surface area (Å²) >= 11 is 5.91. The average Bonchev–Trinajstić information content (AvgIpc) is 3.08. The molecule has 0 unspecified atom stereocenters. The number of phenols is 1. The zero-order valence-corrected chi connectivity index (χ0v) is 27.9. The first-order valence-corrected chi connectivity index (χ1v) is 16.2. The lowest BCUT2D eigenvalue weighted by molar-refractivity contribution is -0.133. The van der Waals surface area contributed by atoms with Crippen LogP contribution in [0.2, 0.25) is 5.02 Å². The zero-order chi connectivity index (χ0) is 35.3. The van der Waals surface area contributed by atoms with Gasteiger partial charge >= 0.3 is 0 Å². The summed E-state index contributed by atoms with van der Waals surface area (Å²) in [7, 11) is 0. The number of nitrogens with one attached hydrogen (secondary N) is 5. The van der Waals surface area contributed by atoms with Gasteiger partial charge in [0.25, 0.3) is 5.91 Å². The molecule has 5 amide bonds. The van der Waals surface area contributed by atoms with Crippen LogP contribution in [0.5, 0.6) is 17.2 Å². The van der Waals surface area contributed by atoms with Crippen molar-refractivity contribution in [1.82, 2.24) is 26.6 Å². The van der Waals surface area contributed by atoms with Crippen LogP contribution in [0.4, 0.5) is 0 Å². The first-order valence-electron chi connectivity index (χ1n) is 15.8. The second kappa shape index (κ2) is 17.7. The van der Waals surface area contributed by atoms with Crippen molar-refractivity contribution in [1.29, 1.82) is 0 Å². The van der Waals surface area contributed by atoms with E-state index in [9.17, 15) is 29.1 Å². The summed E-state index contributed by atoms with van der Waals surface area (Å²) in [6, 6.07) is 15.7. The van der Waals surface area contributed by atoms with Crippen molar-refractivity contribution in [2.24, 2.45) is 5.92 Å². The first kappa shape index (κ1) is 36.5. The fourth-order valence-electron chi connectivity index (χ4n) is 4.97. The quantitative estimate of drug-likeness (QED) is 0.194. The molecule has 13 nitrogen and oxygen atoms in total. The molecule has 3 aromatic rings. The highest BCUT2D eigenvalue weighted by molar-refractivity contribution is 6.30. The van der Waals surface area contributed by atoms with Crippen molar-refractivity contribution in [3.8, 4) is 17.2 Å². The van der Waals surface area contributed by atoms with Crippen LogP contribution in [-0.2, 0) is 25.6 Å². The lowest BCUT2D eigenvalue weighted by Gasteiger charge is -2.26. The fraction of sp³-hybridized carbons (Fsp3) is 0.343. The SMILES string of the molecule is CC(C)[C@H]1NC(=O)[C@H](Cc2ccc(O)cc2)NC(=O)C[C@@H](C(=O)NCCOc2ccc(Cl)cc2)NC(=O)c2ccccc2OCCNC1=O. The number of para-hydroxylation sites is 1. The van der Waals surface area contributed by atoms with E-state index in [0.717, 1.165) is 0 Å². The van der Waals surface area contributed by atoms with Crippen LogP contribution in [0.3, 0.4) is 0 Å². The number of hydrogen-bond donors (Lipinski definition) is 6. The van der Waals surface area contributed by atoms with Crippen LogP contribution in [-0.4, -0.2) is 79.1 Å². The second-order valence-electron chi connectivity index (χ2n) is 11.7. The Bertz CT molecular complexity index is 1620. The number of amides is 5. The number of benzene rings is 3. The summed E-state index contributed by atoms with van der Waals surface area (Å²) in [5, 5.41) is 23.7. The Morgan fingerprint density at radius 2 is 1.67 bits per heavy atom. The molecule has 3 aromatic carbocycles. The number of halogens is 1. The van der Waals surface area contributed by atoms with Crippen molar-refractivity contribution in [2.45, 2.75) is 44.8 Å². The Balaban J connectivity index is 1.58. The molecule has 0 saturated heterocycles. The molecule has 6 N–H and O–H groups in total. The number of carbonyl (C=O) groups excluding carboxylic acids is 5. The van der Waals surface area contributed by atoms with Crippen LogP contribution < -0.4 is 36.1 Å². The predicted molar refractivity (Wildman–Crippen MR) is 181 cm³/mol. The standard InChI is InChI=1S/C35H40ClN5O8/c1-21(2)31-35(47)38-16-18-49-29-6-4-3-5-26(29)32(44)40-28(33(45)37-15-17-48-25-13-9-23(36)10-14-25)20-30(43)39-27(34(46)41-31)19-22-7-11-24(42)12-8-22/h3-14,21,27-28,31,42H,15-20H2,1-2H3,(H,37,45)(H,38,47)(H,39,43)(H,40,44)(H,41,46)/t27-,28-,31+/m0/s1. The molecule has 0 fully saturated rings. The topological polar surface area (TPSA) is 184 Å². The maximum Gasteiger partial charge on any atom is 0.255 e. The smallest absolute Gasteiger partial charge is 0.255 e. The number of hydrogen-bond acceptors (Lipinski definition) is 8. The van der Waals surface area contributed by atoms with E-state index in [-0.39, 0.29) is 55.7 Å². The van der Waals surface area contributed by atoms with Crippen molar-refractivity contribution in [2.75, 3.05) is 26.3 Å². The monoisotopic (exact) mass is 693 g/mol. The van der Waals surface area contributed by atoms with Crippen LogP contribution >= 0.6 is 11.6 Å². The Kier molecular flexibility index (Phi) is 13.2. The van der Waals surface area contributed by atoms with Gasteiger partial charge in [0, 0.05) is 11.4 Å². The van der Waals surface area contributed by atoms with E-state index in [1.807, 2.05) is 0 Å². The molecule has 0 saturated carbocycles. The normalized spacial score (nSPS) is 19.2. The second-order valence-corrected chi connectivity index (χ2v) is 12.1. The van der Waals surface area contributed by atoms with Gasteiger partial charge in [0.2, 0.25) is 23.6 Å². The van der Waals surface area contributed by atoms with Crippen molar-refractivity contribution in [3.05, 3.63) is 88.9 Å². The minimum absolute atomic E-state index is 0.00977. The highest BCUT2D eigenvalue weighted by atomic mass is 35.5. The molecule has 14 heteroatoms. The molecule has 0 radical (unpaired) electrons. The molecule has 0 spiro atoms. The Hall–Kier alpha value is -5.30. The van der Waals surface area contributed by atoms with Crippen LogP contribution in [0.15, 0.2) is 72.8 Å². The van der Waals surface area contributed by atoms with Gasteiger partial charge in [-0.25, -0.2) is 0 Å². The summed E-state index contributed by atoms with van der Waals surface area (Å²) in [6.45, 7) is 3.78. The molecule has 3 atom stereocenters. The van der Waals surface area contributed by atoms with Gasteiger partial charge < -0.3 is 41.2 Å². The molecule has 0 aromatic heterocycles. The molecular weight excluding hydrogens is 654 g/mol. The van der Waals surface area contributed by atoms with Gasteiger partial charge in [-0.1, -0.05) is 49.7 Å². The van der Waals surface area contributed by atoms with E-state index in [1.165, 1.54) is 18.2 Å². The van der Waals surface area contributed by atoms with Gasteiger partial charge in [-0.15, -0.1) is 0 Å². The first-order chi connectivity index (χ1) is 23.5. The van der Waals surface area contributed by atoms with E-state index in [0.29, 0.717) is 16.3 Å². The number of aromatic hydroxyl groups is 1. The van der Waals surface area contributed by atoms with E-state index >= 15 is 0 Å². The van der Waals surface area contributed by atoms with Crippen LogP contribution in [0.1, 0.15) is 36.2 Å². The van der Waals surface area contributed by atoms with Gasteiger partial charge in [-0.2, -0.15) is 0 Å². The third kappa shape index (κ3) is 11.1. The number of rotatable bonds is 8. The van der Waals surface area contributed by atoms with Gasteiger partial charge in [-0.05, 0) is 60.0 Å². The lowest BCUT2D eigenvalue weighted by atomic mass is 10.0. The third-order valence-corrected chi connectivity index (χ3v) is 7.81. The fourth-order valence-corrected chi connectivity index (χ4v) is 5.10. The van der Waals surface area contributed by atoms with Gasteiger partial charge in [0.1, 0.15) is 48.6 Å². The molecular formula is C35H40ClN5O8. The molecule has 49 heavy (non-hydrogen) atoms. The van der Waals surface area contributed by atoms with E-state index in [4.69, 9.17) is 21.1 Å². The summed E-state index contributed by atoms with van der Waals surface area (Å²) in [6.07, 6.45) is -0.511. The summed E-state index contributed by atoms with van der Waals surface area (Å²) in [4.78, 5) is 67.1. The van der Waals surface area contributed by atoms with E-state index in [2.05, 4.69) is 26.6 Å². The third-order valence-electron chi connectivity index (χ3n) is 7.56. The molecule has 260 valence electrons. The van der Waals surface area contributed by atoms with Gasteiger partial charge in [0.05, 0.1) is 25.1 Å². The predicted octanol–water partition coefficient (Wildman–Crippen LogP) is 2.11. The molecule has 1 heterocycles. The summed E-state index contributed by atoms with van der Waals surface area (Å²) < 4.78 is 11.4. The highest BCUT2D eigenvalue weighted by Gasteiger charge is 2.31. The van der Waals surface area contributed by atoms with Gasteiger partial charge in [-0.3, -0.25) is 24.0 Å². The lowest BCUT2D eigenvalue weighted by Crippen LogP contribution is -2.57. The minimum atomic E-state index is -1.35. The maximum atomic E-state index is 13.6. The van der Waals surface area contributed by atoms with Crippen LogP contribution in [0, 0.1) is 5.92 Å². The number of phenolic OH excluding ortho intramolecular Hbond substituents is 1. The van der Waals surface area contributed by atoms with E-state index < -0.39 is 54.1 Å². The number of ether oxygens (including phenoxy) is 2. The molecule has 1 aliphatic heterocycles. The largest absolute Gasteiger partial charge is 0.508 e. The highest BCUT2D eigenvalue weighted by Crippen LogP contribution is 2.19. The van der Waals surface area contributed by atoms with E-state index in [1.54, 1.807) is 68.4 Å².